The van der Waals surface area contributed by atoms with Crippen LogP contribution in [-0.4, -0.2) is 28.1 Å². The van der Waals surface area contributed by atoms with Crippen LogP contribution in [0.25, 0.3) is 0 Å². The summed E-state index contributed by atoms with van der Waals surface area (Å²) in [5.74, 6) is 0.863. The lowest BCUT2D eigenvalue weighted by atomic mass is 9.58. The Bertz CT molecular complexity index is 434. The van der Waals surface area contributed by atoms with Crippen LogP contribution in [0, 0.1) is 23.7 Å². The second-order valence-corrected chi connectivity index (χ2v) is 8.93. The molecule has 0 N–H and O–H groups in total. The van der Waals surface area contributed by atoms with Crippen molar-refractivity contribution in [1.82, 2.24) is 0 Å². The minimum absolute atomic E-state index is 0.0161. The monoisotopic (exact) mass is 392 g/mol. The molecule has 4 rings (SSSR count). The Morgan fingerprint density at radius 2 is 2.20 bits per heavy atom. The predicted molar refractivity (Wildman–Crippen MR) is 81.4 cm³/mol. The largest absolute Gasteiger partial charge is 0.465 e. The van der Waals surface area contributed by atoms with Gasteiger partial charge >= 0.3 is 11.9 Å². The van der Waals surface area contributed by atoms with Crippen LogP contribution >= 0.6 is 22.6 Å². The number of rotatable bonds is 3. The van der Waals surface area contributed by atoms with Crippen LogP contribution in [0.2, 0.25) is 0 Å². The van der Waals surface area contributed by atoms with E-state index in [9.17, 15) is 9.59 Å². The molecular formula is C15H21IO4. The fourth-order valence-corrected chi connectivity index (χ4v) is 4.15. The van der Waals surface area contributed by atoms with Gasteiger partial charge in [-0.3, -0.25) is 9.59 Å². The average molecular weight is 392 g/mol. The Hall–Kier alpha value is -0.330. The van der Waals surface area contributed by atoms with E-state index in [4.69, 9.17) is 9.47 Å². The first-order valence-electron chi connectivity index (χ1n) is 7.50. The molecule has 1 aliphatic heterocycles. The highest BCUT2D eigenvalue weighted by Gasteiger charge is 2.56. The van der Waals surface area contributed by atoms with Gasteiger partial charge in [-0.15, -0.1) is 0 Å². The molecule has 6 atom stereocenters. The normalized spacial score (nSPS) is 41.8. The Morgan fingerprint density at radius 1 is 1.45 bits per heavy atom. The molecule has 0 aromatic rings. The Labute approximate surface area is 133 Å². The molecule has 0 aromatic heterocycles. The van der Waals surface area contributed by atoms with Crippen LogP contribution in [0.3, 0.4) is 0 Å². The van der Waals surface area contributed by atoms with Crippen molar-refractivity contribution in [2.75, 3.05) is 6.61 Å². The maximum Gasteiger partial charge on any atom is 0.322 e. The molecule has 0 spiro atoms. The molecule has 1 saturated heterocycles. The molecule has 5 heteroatoms. The first-order valence-corrected chi connectivity index (χ1v) is 8.58. The fourth-order valence-electron chi connectivity index (χ4n) is 4.02. The third-order valence-corrected chi connectivity index (χ3v) is 6.64. The molecule has 3 saturated carbocycles. The summed E-state index contributed by atoms with van der Waals surface area (Å²) in [6.45, 7) is 4.44. The first kappa shape index (κ1) is 14.6. The maximum atomic E-state index is 12.3. The number of carbonyl (C=O) groups is 2. The summed E-state index contributed by atoms with van der Waals surface area (Å²) in [7, 11) is 0. The Kier molecular flexibility index (Phi) is 3.75. The summed E-state index contributed by atoms with van der Waals surface area (Å²) in [5, 5.41) is 0. The van der Waals surface area contributed by atoms with Crippen LogP contribution in [-0.2, 0) is 19.1 Å². The summed E-state index contributed by atoms with van der Waals surface area (Å²) in [6, 6.07) is 0. The van der Waals surface area contributed by atoms with Crippen molar-refractivity contribution < 1.29 is 19.1 Å². The van der Waals surface area contributed by atoms with E-state index < -0.39 is 3.42 Å². The van der Waals surface area contributed by atoms with Crippen molar-refractivity contribution in [3.8, 4) is 0 Å². The van der Waals surface area contributed by atoms with Crippen LogP contribution < -0.4 is 0 Å². The van der Waals surface area contributed by atoms with Gasteiger partial charge in [0, 0.05) is 11.8 Å². The van der Waals surface area contributed by atoms with Crippen LogP contribution in [0.4, 0.5) is 0 Å². The number of hydrogen-bond donors (Lipinski definition) is 0. The van der Waals surface area contributed by atoms with E-state index in [1.807, 2.05) is 13.8 Å². The van der Waals surface area contributed by atoms with Gasteiger partial charge in [0.1, 0.15) is 9.53 Å². The highest BCUT2D eigenvalue weighted by atomic mass is 127. The lowest BCUT2D eigenvalue weighted by molar-refractivity contribution is -0.166. The number of fused-ring (bicyclic) bond motifs is 2. The number of cyclic esters (lactones) is 1. The average Bonchev–Trinajstić information content (AvgIpc) is 2.83. The summed E-state index contributed by atoms with van der Waals surface area (Å²) in [5.41, 5.74) is 0. The highest BCUT2D eigenvalue weighted by Crippen LogP contribution is 2.53. The molecule has 1 heterocycles. The van der Waals surface area contributed by atoms with Gasteiger partial charge in [-0.1, -0.05) is 29.5 Å². The van der Waals surface area contributed by atoms with Crippen LogP contribution in [0.15, 0.2) is 0 Å². The molecule has 4 fully saturated rings. The van der Waals surface area contributed by atoms with Gasteiger partial charge in [0.05, 0.1) is 12.5 Å². The quantitative estimate of drug-likeness (QED) is 0.421. The van der Waals surface area contributed by atoms with Crippen molar-refractivity contribution in [2.45, 2.75) is 49.1 Å². The van der Waals surface area contributed by atoms with Crippen molar-refractivity contribution in [3.05, 3.63) is 0 Å². The number of alkyl halides is 1. The molecule has 6 unspecified atom stereocenters. The summed E-state index contributed by atoms with van der Waals surface area (Å²) in [6.07, 6.45) is 3.72. The molecule has 4 aliphatic rings. The minimum Gasteiger partial charge on any atom is -0.465 e. The fraction of sp³-hybridized carbons (Fsp3) is 0.867. The van der Waals surface area contributed by atoms with E-state index in [0.717, 1.165) is 25.7 Å². The topological polar surface area (TPSA) is 52.6 Å². The lowest BCUT2D eigenvalue weighted by Gasteiger charge is -2.47. The van der Waals surface area contributed by atoms with Crippen LogP contribution in [0.1, 0.15) is 39.5 Å². The lowest BCUT2D eigenvalue weighted by Crippen LogP contribution is -2.50. The first-order chi connectivity index (χ1) is 9.44. The molecule has 20 heavy (non-hydrogen) atoms. The van der Waals surface area contributed by atoms with Crippen molar-refractivity contribution in [3.63, 3.8) is 0 Å². The predicted octanol–water partition coefficient (Wildman–Crippen LogP) is 2.72. The smallest absolute Gasteiger partial charge is 0.322 e. The van der Waals surface area contributed by atoms with E-state index >= 15 is 0 Å². The van der Waals surface area contributed by atoms with Gasteiger partial charge < -0.3 is 9.47 Å². The zero-order chi connectivity index (χ0) is 14.5. The van der Waals surface area contributed by atoms with E-state index in [1.54, 1.807) is 0 Å². The summed E-state index contributed by atoms with van der Waals surface area (Å²) < 4.78 is 10.6. The molecule has 2 bridgehead atoms. The van der Waals surface area contributed by atoms with Gasteiger partial charge in [0.15, 0.2) is 0 Å². The second kappa shape index (κ2) is 5.14. The number of esters is 2. The van der Waals surface area contributed by atoms with E-state index in [-0.39, 0.29) is 29.9 Å². The summed E-state index contributed by atoms with van der Waals surface area (Å²) >= 11 is 2.17. The highest BCUT2D eigenvalue weighted by molar-refractivity contribution is 14.1. The number of ether oxygens (including phenoxy) is 2. The SMILES string of the molecule is CCC(C)(I)C(=O)OC1CC2CCC1C1COC(=O)C21. The van der Waals surface area contributed by atoms with Crippen LogP contribution in [0.5, 0.6) is 0 Å². The molecule has 3 aliphatic carbocycles. The number of carbonyl (C=O) groups excluding carboxylic acids is 2. The van der Waals surface area contributed by atoms with Gasteiger partial charge in [0.25, 0.3) is 0 Å². The number of hydrogen-bond acceptors (Lipinski definition) is 4. The van der Waals surface area contributed by atoms with Crippen molar-refractivity contribution in [2.24, 2.45) is 23.7 Å². The van der Waals surface area contributed by atoms with Crippen molar-refractivity contribution >= 4 is 34.5 Å². The third-order valence-electron chi connectivity index (χ3n) is 5.44. The van der Waals surface area contributed by atoms with E-state index in [1.165, 1.54) is 0 Å². The molecule has 4 nitrogen and oxygen atoms in total. The zero-order valence-corrected chi connectivity index (χ0v) is 14.1. The van der Waals surface area contributed by atoms with Crippen molar-refractivity contribution in [1.29, 1.82) is 0 Å². The summed E-state index contributed by atoms with van der Waals surface area (Å²) in [4.78, 5) is 24.1. The standard InChI is InChI=1S/C15H21IO4/c1-3-15(2,16)14(18)20-11-6-8-4-5-9(11)10-7-19-13(17)12(8)10/h8-12H,3-7H2,1-2H3. The zero-order valence-electron chi connectivity index (χ0n) is 11.9. The minimum atomic E-state index is -0.449. The maximum absolute atomic E-state index is 12.3. The molecule has 0 radical (unpaired) electrons. The molecule has 112 valence electrons. The molecule has 0 aromatic carbocycles. The second-order valence-electron chi connectivity index (χ2n) is 6.55. The van der Waals surface area contributed by atoms with E-state index in [2.05, 4.69) is 22.6 Å². The number of halogens is 1. The van der Waals surface area contributed by atoms with Gasteiger partial charge in [0.2, 0.25) is 0 Å². The molecule has 0 amide bonds. The van der Waals surface area contributed by atoms with E-state index in [0.29, 0.717) is 18.4 Å². The molecular weight excluding hydrogens is 371 g/mol. The van der Waals surface area contributed by atoms with Gasteiger partial charge in [-0.25, -0.2) is 0 Å². The Balaban J connectivity index is 1.72. The van der Waals surface area contributed by atoms with Gasteiger partial charge in [-0.2, -0.15) is 0 Å². The van der Waals surface area contributed by atoms with Gasteiger partial charge in [-0.05, 0) is 38.5 Å². The Morgan fingerprint density at radius 3 is 2.90 bits per heavy atom. The third kappa shape index (κ3) is 2.25.